The molecule has 6 heteroatoms. The molecule has 0 saturated carbocycles. The van der Waals surface area contributed by atoms with Crippen LogP contribution in [0, 0.1) is 0 Å². The van der Waals surface area contributed by atoms with Crippen molar-refractivity contribution < 1.29 is 4.79 Å². The van der Waals surface area contributed by atoms with E-state index in [1.807, 2.05) is 4.90 Å². The lowest BCUT2D eigenvalue weighted by Gasteiger charge is -2.23. The first-order chi connectivity index (χ1) is 8.72. The zero-order chi connectivity index (χ0) is 13.0. The van der Waals surface area contributed by atoms with Crippen molar-refractivity contribution in [2.24, 2.45) is 5.73 Å². The van der Waals surface area contributed by atoms with Gasteiger partial charge in [0.15, 0.2) is 0 Å². The van der Waals surface area contributed by atoms with E-state index in [-0.39, 0.29) is 11.9 Å². The first kappa shape index (κ1) is 12.6. The smallest absolute Gasteiger partial charge is 0.240 e. The fraction of sp³-hybridized carbons (Fsp3) is 0.583. The highest BCUT2D eigenvalue weighted by Crippen LogP contribution is 2.23. The minimum Gasteiger partial charge on any atom is -0.369 e. The third-order valence-corrected chi connectivity index (χ3v) is 3.05. The third kappa shape index (κ3) is 2.69. The van der Waals surface area contributed by atoms with E-state index in [2.05, 4.69) is 22.2 Å². The van der Waals surface area contributed by atoms with E-state index in [1.165, 1.54) is 0 Å². The Morgan fingerprint density at radius 2 is 2.44 bits per heavy atom. The van der Waals surface area contributed by atoms with Gasteiger partial charge in [-0.1, -0.05) is 6.92 Å². The van der Waals surface area contributed by atoms with Gasteiger partial charge in [-0.25, -0.2) is 4.98 Å². The average Bonchev–Trinajstić information content (AvgIpc) is 2.86. The van der Waals surface area contributed by atoms with Gasteiger partial charge in [0, 0.05) is 13.1 Å². The first-order valence-electron chi connectivity index (χ1n) is 6.34. The van der Waals surface area contributed by atoms with E-state index in [9.17, 15) is 4.79 Å². The van der Waals surface area contributed by atoms with Gasteiger partial charge in [0.1, 0.15) is 17.7 Å². The molecule has 1 amide bonds. The molecule has 1 atom stereocenters. The number of nitrogens with zero attached hydrogens (tertiary/aromatic N) is 3. The lowest BCUT2D eigenvalue weighted by molar-refractivity contribution is -0.119. The molecule has 1 aliphatic heterocycles. The van der Waals surface area contributed by atoms with Crippen LogP contribution in [0.3, 0.4) is 0 Å². The van der Waals surface area contributed by atoms with Crippen LogP contribution in [0.5, 0.6) is 0 Å². The summed E-state index contributed by atoms with van der Waals surface area (Å²) in [6.07, 6.45) is 6.15. The molecule has 1 saturated heterocycles. The van der Waals surface area contributed by atoms with Crippen LogP contribution in [0.15, 0.2) is 12.4 Å². The second-order valence-electron chi connectivity index (χ2n) is 4.44. The third-order valence-electron chi connectivity index (χ3n) is 3.05. The summed E-state index contributed by atoms with van der Waals surface area (Å²) in [5, 5.41) is 3.19. The van der Waals surface area contributed by atoms with Gasteiger partial charge in [0.25, 0.3) is 0 Å². The molecule has 1 aliphatic rings. The molecule has 98 valence electrons. The summed E-state index contributed by atoms with van der Waals surface area (Å²) >= 11 is 0. The number of carbonyl (C=O) groups excluding carboxylic acids is 1. The first-order valence-corrected chi connectivity index (χ1v) is 6.34. The van der Waals surface area contributed by atoms with Crippen LogP contribution >= 0.6 is 0 Å². The molecule has 0 radical (unpaired) electrons. The van der Waals surface area contributed by atoms with Crippen LogP contribution in [0.25, 0.3) is 0 Å². The Bertz CT molecular complexity index is 423. The van der Waals surface area contributed by atoms with Crippen LogP contribution in [0.4, 0.5) is 11.6 Å². The zero-order valence-electron chi connectivity index (χ0n) is 10.6. The van der Waals surface area contributed by atoms with Crippen LogP contribution in [-0.4, -0.2) is 35.0 Å². The van der Waals surface area contributed by atoms with Gasteiger partial charge in [-0.3, -0.25) is 9.78 Å². The number of primary amides is 1. The van der Waals surface area contributed by atoms with E-state index in [0.29, 0.717) is 0 Å². The van der Waals surface area contributed by atoms with Crippen molar-refractivity contribution >= 4 is 17.5 Å². The molecule has 1 unspecified atom stereocenters. The summed E-state index contributed by atoms with van der Waals surface area (Å²) in [7, 11) is 0. The number of rotatable bonds is 5. The Morgan fingerprint density at radius 3 is 3.17 bits per heavy atom. The summed E-state index contributed by atoms with van der Waals surface area (Å²) < 4.78 is 0. The molecule has 1 fully saturated rings. The lowest BCUT2D eigenvalue weighted by atomic mass is 10.2. The predicted octanol–water partition coefficient (Wildman–Crippen LogP) is 0.753. The monoisotopic (exact) mass is 249 g/mol. The number of carbonyl (C=O) groups is 1. The largest absolute Gasteiger partial charge is 0.369 e. The van der Waals surface area contributed by atoms with Crippen LogP contribution < -0.4 is 16.0 Å². The molecule has 18 heavy (non-hydrogen) atoms. The number of hydrogen-bond donors (Lipinski definition) is 2. The second-order valence-corrected chi connectivity index (χ2v) is 4.44. The van der Waals surface area contributed by atoms with Crippen LogP contribution in [0.1, 0.15) is 26.2 Å². The Labute approximate surface area is 107 Å². The van der Waals surface area contributed by atoms with Gasteiger partial charge >= 0.3 is 0 Å². The van der Waals surface area contributed by atoms with Crippen molar-refractivity contribution in [1.82, 2.24) is 9.97 Å². The summed E-state index contributed by atoms with van der Waals surface area (Å²) in [5.74, 6) is 1.17. The van der Waals surface area contributed by atoms with Crippen LogP contribution in [0.2, 0.25) is 0 Å². The Kier molecular flexibility index (Phi) is 3.96. The molecule has 0 aromatic carbocycles. The highest BCUT2D eigenvalue weighted by Gasteiger charge is 2.30. The van der Waals surface area contributed by atoms with Crippen LogP contribution in [-0.2, 0) is 4.79 Å². The molecule has 1 aromatic heterocycles. The van der Waals surface area contributed by atoms with E-state index in [4.69, 9.17) is 5.73 Å². The van der Waals surface area contributed by atoms with E-state index in [0.717, 1.165) is 44.0 Å². The molecular formula is C12H19N5O. The predicted molar refractivity (Wildman–Crippen MR) is 70.4 cm³/mol. The maximum atomic E-state index is 11.4. The molecule has 0 spiro atoms. The number of amides is 1. The highest BCUT2D eigenvalue weighted by molar-refractivity contribution is 5.83. The quantitative estimate of drug-likeness (QED) is 0.804. The average molecular weight is 249 g/mol. The number of aromatic nitrogens is 2. The summed E-state index contributed by atoms with van der Waals surface area (Å²) in [4.78, 5) is 21.9. The molecule has 0 aliphatic carbocycles. The molecule has 1 aromatic rings. The SMILES string of the molecule is CCCNc1cncc(N2CCCC2C(N)=O)n1. The van der Waals surface area contributed by atoms with Crippen molar-refractivity contribution in [3.63, 3.8) is 0 Å². The maximum absolute atomic E-state index is 11.4. The minimum absolute atomic E-state index is 0.249. The van der Waals surface area contributed by atoms with E-state index >= 15 is 0 Å². The van der Waals surface area contributed by atoms with Gasteiger partial charge in [-0.2, -0.15) is 0 Å². The second kappa shape index (κ2) is 5.66. The Morgan fingerprint density at radius 1 is 1.61 bits per heavy atom. The fourth-order valence-corrected chi connectivity index (χ4v) is 2.17. The Balaban J connectivity index is 2.14. The topological polar surface area (TPSA) is 84.1 Å². The maximum Gasteiger partial charge on any atom is 0.240 e. The standard InChI is InChI=1S/C12H19N5O/c1-2-5-15-10-7-14-8-11(16-10)17-6-3-4-9(17)12(13)18/h7-9H,2-6H2,1H3,(H2,13,18)(H,15,16). The zero-order valence-corrected chi connectivity index (χ0v) is 10.6. The van der Waals surface area contributed by atoms with Crippen molar-refractivity contribution in [3.8, 4) is 0 Å². The molecule has 0 bridgehead atoms. The summed E-state index contributed by atoms with van der Waals surface area (Å²) in [5.41, 5.74) is 5.40. The van der Waals surface area contributed by atoms with Crippen molar-refractivity contribution in [1.29, 1.82) is 0 Å². The van der Waals surface area contributed by atoms with Gasteiger partial charge in [-0.15, -0.1) is 0 Å². The van der Waals surface area contributed by atoms with Crippen molar-refractivity contribution in [3.05, 3.63) is 12.4 Å². The van der Waals surface area contributed by atoms with E-state index in [1.54, 1.807) is 12.4 Å². The van der Waals surface area contributed by atoms with Crippen molar-refractivity contribution in [2.45, 2.75) is 32.2 Å². The number of nitrogens with one attached hydrogen (secondary N) is 1. The van der Waals surface area contributed by atoms with Gasteiger partial charge in [-0.05, 0) is 19.3 Å². The fourth-order valence-electron chi connectivity index (χ4n) is 2.17. The minimum atomic E-state index is -0.291. The number of hydrogen-bond acceptors (Lipinski definition) is 5. The molecule has 6 nitrogen and oxygen atoms in total. The number of nitrogens with two attached hydrogens (primary N) is 1. The van der Waals surface area contributed by atoms with E-state index < -0.39 is 0 Å². The molecule has 3 N–H and O–H groups in total. The normalized spacial score (nSPS) is 18.9. The number of anilines is 2. The van der Waals surface area contributed by atoms with Gasteiger partial charge in [0.05, 0.1) is 12.4 Å². The summed E-state index contributed by atoms with van der Waals surface area (Å²) in [6, 6.07) is -0.249. The van der Waals surface area contributed by atoms with Gasteiger partial charge in [0.2, 0.25) is 5.91 Å². The highest BCUT2D eigenvalue weighted by atomic mass is 16.1. The Hall–Kier alpha value is -1.85. The van der Waals surface area contributed by atoms with Gasteiger partial charge < -0.3 is 16.0 Å². The molecule has 2 rings (SSSR count). The lowest BCUT2D eigenvalue weighted by Crippen LogP contribution is -2.40. The summed E-state index contributed by atoms with van der Waals surface area (Å²) in [6.45, 7) is 3.75. The molecular weight excluding hydrogens is 230 g/mol. The van der Waals surface area contributed by atoms with Crippen molar-refractivity contribution in [2.75, 3.05) is 23.3 Å². The molecule has 2 heterocycles.